The molecule has 0 bridgehead atoms. The molecular weight excluding hydrogens is 374 g/mol. The Kier molecular flexibility index (Phi) is 4.28. The van der Waals surface area contributed by atoms with Crippen molar-refractivity contribution in [2.45, 2.75) is 25.8 Å². The van der Waals surface area contributed by atoms with Crippen LogP contribution in [0.5, 0.6) is 0 Å². The number of hydrogen-bond acceptors (Lipinski definition) is 4. The number of benzene rings is 2. The summed E-state index contributed by atoms with van der Waals surface area (Å²) in [4.78, 5) is 17.0. The predicted octanol–water partition coefficient (Wildman–Crippen LogP) is 4.42. The zero-order chi connectivity index (χ0) is 20.8. The lowest BCUT2D eigenvalue weighted by Crippen LogP contribution is -2.27. The van der Waals surface area contributed by atoms with Crippen LogP contribution in [0.15, 0.2) is 60.7 Å². The van der Waals surface area contributed by atoms with E-state index in [9.17, 15) is 4.79 Å². The fraction of sp³-hybridized carbons (Fsp3) is 0.208. The summed E-state index contributed by atoms with van der Waals surface area (Å²) in [5, 5.41) is 5.72. The summed E-state index contributed by atoms with van der Waals surface area (Å²) in [6, 6.07) is 20.2. The number of nitrogens with two attached hydrogens (primary N) is 2. The predicted molar refractivity (Wildman–Crippen MR) is 119 cm³/mol. The van der Waals surface area contributed by atoms with Crippen LogP contribution < -0.4 is 11.5 Å². The summed E-state index contributed by atoms with van der Waals surface area (Å²) in [5.74, 6) is 0.424. The Labute approximate surface area is 174 Å². The minimum absolute atomic E-state index is 0.218. The van der Waals surface area contributed by atoms with E-state index in [1.54, 1.807) is 4.68 Å². The molecule has 2 aromatic carbocycles. The SMILES string of the molecule is CC1CC(n2nc(-c3ccc4ccc(-c5ccccc5)nc4c3)c(C(N)=O)c2N)C1. The van der Waals surface area contributed by atoms with Gasteiger partial charge in [0.05, 0.1) is 17.3 Å². The van der Waals surface area contributed by atoms with Crippen molar-refractivity contribution in [3.05, 3.63) is 66.2 Å². The normalized spacial score (nSPS) is 18.3. The highest BCUT2D eigenvalue weighted by atomic mass is 16.1. The van der Waals surface area contributed by atoms with Gasteiger partial charge in [-0.05, 0) is 30.9 Å². The molecular formula is C24H23N5O. The van der Waals surface area contributed by atoms with Crippen molar-refractivity contribution in [3.8, 4) is 22.5 Å². The zero-order valence-electron chi connectivity index (χ0n) is 16.7. The lowest BCUT2D eigenvalue weighted by molar-refractivity contribution is 0.100. The van der Waals surface area contributed by atoms with Gasteiger partial charge in [0.25, 0.3) is 5.91 Å². The van der Waals surface area contributed by atoms with E-state index in [0.717, 1.165) is 40.6 Å². The number of nitrogens with zero attached hydrogens (tertiary/aromatic N) is 3. The second-order valence-electron chi connectivity index (χ2n) is 8.12. The third-order valence-corrected chi connectivity index (χ3v) is 5.92. The van der Waals surface area contributed by atoms with Gasteiger partial charge in [0.1, 0.15) is 17.1 Å². The van der Waals surface area contributed by atoms with Crippen molar-refractivity contribution in [3.63, 3.8) is 0 Å². The first-order valence-corrected chi connectivity index (χ1v) is 10.2. The van der Waals surface area contributed by atoms with Crippen LogP contribution in [0, 0.1) is 5.92 Å². The Hall–Kier alpha value is -3.67. The maximum atomic E-state index is 12.2. The molecule has 4 aromatic rings. The minimum Gasteiger partial charge on any atom is -0.383 e. The average Bonchev–Trinajstić information content (AvgIpc) is 3.08. The molecule has 6 heteroatoms. The first-order chi connectivity index (χ1) is 14.5. The smallest absolute Gasteiger partial charge is 0.254 e. The van der Waals surface area contributed by atoms with Crippen LogP contribution in [-0.4, -0.2) is 20.7 Å². The first-order valence-electron chi connectivity index (χ1n) is 10.2. The summed E-state index contributed by atoms with van der Waals surface area (Å²) in [6.07, 6.45) is 2.01. The number of primary amides is 1. The van der Waals surface area contributed by atoms with Crippen LogP contribution in [0.1, 0.15) is 36.2 Å². The highest BCUT2D eigenvalue weighted by Crippen LogP contribution is 2.40. The Bertz CT molecular complexity index is 1260. The monoisotopic (exact) mass is 397 g/mol. The van der Waals surface area contributed by atoms with Gasteiger partial charge in [-0.25, -0.2) is 9.67 Å². The lowest BCUT2D eigenvalue weighted by atomic mass is 9.82. The maximum absolute atomic E-state index is 12.2. The van der Waals surface area contributed by atoms with Crippen LogP contribution in [0.4, 0.5) is 5.82 Å². The number of aromatic nitrogens is 3. The molecule has 0 unspecified atom stereocenters. The summed E-state index contributed by atoms with van der Waals surface area (Å²) in [5.41, 5.74) is 16.3. The zero-order valence-corrected chi connectivity index (χ0v) is 16.7. The lowest BCUT2D eigenvalue weighted by Gasteiger charge is -2.33. The molecule has 2 aromatic heterocycles. The molecule has 0 aliphatic heterocycles. The Morgan fingerprint density at radius 3 is 2.47 bits per heavy atom. The standard InChI is InChI=1S/C24H23N5O/c1-14-11-18(12-14)29-23(25)21(24(26)30)22(28-29)17-8-7-16-9-10-19(27-20(16)13-17)15-5-3-2-4-6-15/h2-10,13-14,18H,11-12,25H2,1H3,(H2,26,30). The average molecular weight is 397 g/mol. The number of hydrogen-bond donors (Lipinski definition) is 2. The molecule has 1 saturated carbocycles. The fourth-order valence-electron chi connectivity index (χ4n) is 4.26. The fourth-order valence-corrected chi connectivity index (χ4v) is 4.26. The Morgan fingerprint density at radius 2 is 1.77 bits per heavy atom. The van der Waals surface area contributed by atoms with Crippen LogP contribution >= 0.6 is 0 Å². The molecule has 1 amide bonds. The molecule has 4 N–H and O–H groups in total. The second kappa shape index (κ2) is 6.99. The van der Waals surface area contributed by atoms with E-state index in [0.29, 0.717) is 17.4 Å². The number of carbonyl (C=O) groups is 1. The van der Waals surface area contributed by atoms with Gasteiger partial charge in [-0.1, -0.05) is 55.5 Å². The number of nitrogen functional groups attached to an aromatic ring is 1. The first kappa shape index (κ1) is 18.4. The van der Waals surface area contributed by atoms with E-state index in [1.165, 1.54) is 0 Å². The molecule has 6 nitrogen and oxygen atoms in total. The Morgan fingerprint density at radius 1 is 1.03 bits per heavy atom. The van der Waals surface area contributed by atoms with Crippen LogP contribution in [0.25, 0.3) is 33.4 Å². The van der Waals surface area contributed by atoms with Crippen molar-refractivity contribution in [1.82, 2.24) is 14.8 Å². The number of pyridine rings is 1. The van der Waals surface area contributed by atoms with Gasteiger partial charge >= 0.3 is 0 Å². The van der Waals surface area contributed by atoms with E-state index in [2.05, 4.69) is 6.92 Å². The second-order valence-corrected chi connectivity index (χ2v) is 8.12. The van der Waals surface area contributed by atoms with Crippen LogP contribution in [0.3, 0.4) is 0 Å². The van der Waals surface area contributed by atoms with Gasteiger partial charge in [0, 0.05) is 16.5 Å². The molecule has 0 atom stereocenters. The molecule has 5 rings (SSSR count). The van der Waals surface area contributed by atoms with E-state index in [1.807, 2.05) is 60.7 Å². The summed E-state index contributed by atoms with van der Waals surface area (Å²) < 4.78 is 1.77. The van der Waals surface area contributed by atoms with Gasteiger partial charge in [-0.3, -0.25) is 4.79 Å². The highest BCUT2D eigenvalue weighted by Gasteiger charge is 2.32. The quantitative estimate of drug-likeness (QED) is 0.532. The molecule has 1 aliphatic carbocycles. The highest BCUT2D eigenvalue weighted by molar-refractivity contribution is 6.04. The van der Waals surface area contributed by atoms with Crippen molar-refractivity contribution in [2.24, 2.45) is 11.7 Å². The Balaban J connectivity index is 1.62. The van der Waals surface area contributed by atoms with Crippen LogP contribution in [-0.2, 0) is 0 Å². The van der Waals surface area contributed by atoms with Gasteiger partial charge in [0.15, 0.2) is 0 Å². The number of carbonyl (C=O) groups excluding carboxylic acids is 1. The van der Waals surface area contributed by atoms with Crippen molar-refractivity contribution < 1.29 is 4.79 Å². The van der Waals surface area contributed by atoms with E-state index >= 15 is 0 Å². The van der Waals surface area contributed by atoms with Crippen LogP contribution in [0.2, 0.25) is 0 Å². The van der Waals surface area contributed by atoms with E-state index in [4.69, 9.17) is 21.5 Å². The third kappa shape index (κ3) is 3.01. The molecule has 150 valence electrons. The number of amides is 1. The van der Waals surface area contributed by atoms with Gasteiger partial charge < -0.3 is 11.5 Å². The maximum Gasteiger partial charge on any atom is 0.254 e. The summed E-state index contributed by atoms with van der Waals surface area (Å²) >= 11 is 0. The minimum atomic E-state index is -0.563. The summed E-state index contributed by atoms with van der Waals surface area (Å²) in [7, 11) is 0. The molecule has 0 saturated heterocycles. The van der Waals surface area contributed by atoms with Gasteiger partial charge in [0.2, 0.25) is 0 Å². The molecule has 1 aliphatic rings. The van der Waals surface area contributed by atoms with Crippen molar-refractivity contribution >= 4 is 22.6 Å². The number of rotatable bonds is 4. The van der Waals surface area contributed by atoms with Crippen molar-refractivity contribution in [1.29, 1.82) is 0 Å². The van der Waals surface area contributed by atoms with Crippen molar-refractivity contribution in [2.75, 3.05) is 5.73 Å². The molecule has 30 heavy (non-hydrogen) atoms. The topological polar surface area (TPSA) is 99.8 Å². The van der Waals surface area contributed by atoms with E-state index in [-0.39, 0.29) is 11.6 Å². The van der Waals surface area contributed by atoms with E-state index < -0.39 is 5.91 Å². The molecule has 1 fully saturated rings. The third-order valence-electron chi connectivity index (χ3n) is 5.92. The summed E-state index contributed by atoms with van der Waals surface area (Å²) in [6.45, 7) is 2.20. The number of fused-ring (bicyclic) bond motifs is 1. The number of anilines is 1. The largest absolute Gasteiger partial charge is 0.383 e. The molecule has 0 spiro atoms. The van der Waals surface area contributed by atoms with Gasteiger partial charge in [-0.15, -0.1) is 0 Å². The molecule has 2 heterocycles. The molecule has 0 radical (unpaired) electrons. The van der Waals surface area contributed by atoms with Gasteiger partial charge in [-0.2, -0.15) is 5.10 Å².